The van der Waals surface area contributed by atoms with Crippen molar-refractivity contribution in [3.05, 3.63) is 24.3 Å². The topological polar surface area (TPSA) is 63.6 Å². The first-order chi connectivity index (χ1) is 16.0. The summed E-state index contributed by atoms with van der Waals surface area (Å²) >= 11 is 0. The molecule has 0 aromatic rings. The van der Waals surface area contributed by atoms with E-state index in [0.717, 1.165) is 25.2 Å². The number of allylic oxidation sites excluding steroid dienone is 2. The fourth-order valence-electron chi connectivity index (χ4n) is 9.89. The van der Waals surface area contributed by atoms with Crippen molar-refractivity contribution < 1.29 is 19.4 Å². The van der Waals surface area contributed by atoms with Gasteiger partial charge in [0.2, 0.25) is 0 Å². The summed E-state index contributed by atoms with van der Waals surface area (Å²) in [4.78, 5) is 23.2. The van der Waals surface area contributed by atoms with Gasteiger partial charge in [0.05, 0.1) is 7.11 Å². The predicted molar refractivity (Wildman–Crippen MR) is 135 cm³/mol. The van der Waals surface area contributed by atoms with Gasteiger partial charge >= 0.3 is 11.9 Å². The molecule has 0 unspecified atom stereocenters. The normalized spacial score (nSPS) is 43.8. The number of aliphatic carboxylic acids is 1. The van der Waals surface area contributed by atoms with Gasteiger partial charge in [0.25, 0.3) is 0 Å². The Labute approximate surface area is 206 Å². The summed E-state index contributed by atoms with van der Waals surface area (Å²) in [6.45, 7) is 13.5. The monoisotopic (exact) mass is 470 g/mol. The Morgan fingerprint density at radius 1 is 1.15 bits per heavy atom. The van der Waals surface area contributed by atoms with Crippen LogP contribution in [0.2, 0.25) is 0 Å². The molecule has 4 aliphatic rings. The highest BCUT2D eigenvalue weighted by Gasteiger charge is 2.79. The van der Waals surface area contributed by atoms with Gasteiger partial charge in [-0.2, -0.15) is 0 Å². The number of rotatable bonds is 9. The zero-order valence-corrected chi connectivity index (χ0v) is 22.1. The summed E-state index contributed by atoms with van der Waals surface area (Å²) in [7, 11) is 1.50. The maximum absolute atomic E-state index is 12.1. The summed E-state index contributed by atoms with van der Waals surface area (Å²) in [5, 5.41) is 9.17. The minimum Gasteiger partial charge on any atom is -0.478 e. The van der Waals surface area contributed by atoms with Crippen LogP contribution >= 0.6 is 0 Å². The molecular weight excluding hydrogens is 424 g/mol. The minimum atomic E-state index is -0.805. The molecule has 4 rings (SSSR count). The van der Waals surface area contributed by atoms with Crippen molar-refractivity contribution in [3.63, 3.8) is 0 Å². The van der Waals surface area contributed by atoms with Gasteiger partial charge in [-0.1, -0.05) is 32.9 Å². The van der Waals surface area contributed by atoms with E-state index in [0.29, 0.717) is 46.0 Å². The molecule has 1 spiro atoms. The summed E-state index contributed by atoms with van der Waals surface area (Å²) in [5.41, 5.74) is 1.78. The van der Waals surface area contributed by atoms with Gasteiger partial charge in [0.1, 0.15) is 0 Å². The molecule has 4 saturated carbocycles. The van der Waals surface area contributed by atoms with Crippen LogP contribution < -0.4 is 0 Å². The molecule has 0 amide bonds. The zero-order valence-electron chi connectivity index (χ0n) is 22.1. The van der Waals surface area contributed by atoms with Crippen molar-refractivity contribution in [1.82, 2.24) is 0 Å². The molecule has 4 aliphatic carbocycles. The van der Waals surface area contributed by atoms with Gasteiger partial charge in [-0.25, -0.2) is 4.79 Å². The number of carbonyl (C=O) groups excluding carboxylic acids is 1. The molecule has 4 nitrogen and oxygen atoms in total. The summed E-state index contributed by atoms with van der Waals surface area (Å²) in [5.74, 6) is 1.69. The lowest BCUT2D eigenvalue weighted by Gasteiger charge is -2.61. The molecule has 1 N–H and O–H groups in total. The van der Waals surface area contributed by atoms with Crippen LogP contribution in [-0.4, -0.2) is 24.2 Å². The number of hydrogen-bond donors (Lipinski definition) is 1. The largest absolute Gasteiger partial charge is 0.478 e. The lowest BCUT2D eigenvalue weighted by atomic mass is 9.44. The second kappa shape index (κ2) is 8.82. The molecule has 0 aliphatic heterocycles. The van der Waals surface area contributed by atoms with E-state index in [1.165, 1.54) is 52.1 Å². The van der Waals surface area contributed by atoms with Crippen LogP contribution in [0, 0.1) is 45.3 Å². The number of carboxylic acid groups (broad SMARTS) is 1. The van der Waals surface area contributed by atoms with Crippen molar-refractivity contribution in [2.75, 3.05) is 7.11 Å². The van der Waals surface area contributed by atoms with E-state index in [1.807, 2.05) is 6.08 Å². The van der Waals surface area contributed by atoms with Gasteiger partial charge in [-0.3, -0.25) is 4.79 Å². The fraction of sp³-hybridized carbons (Fsp3) is 0.800. The number of esters is 1. The maximum atomic E-state index is 12.1. The van der Waals surface area contributed by atoms with E-state index in [9.17, 15) is 9.59 Å². The molecule has 0 radical (unpaired) electrons. The number of hydrogen-bond acceptors (Lipinski definition) is 3. The fourth-order valence-corrected chi connectivity index (χ4v) is 9.89. The van der Waals surface area contributed by atoms with E-state index in [2.05, 4.69) is 33.4 Å². The quantitative estimate of drug-likeness (QED) is 0.220. The van der Waals surface area contributed by atoms with E-state index in [4.69, 9.17) is 9.84 Å². The second-order valence-electron chi connectivity index (χ2n) is 12.8. The Balaban J connectivity index is 1.54. The first-order valence-electron chi connectivity index (χ1n) is 13.6. The maximum Gasteiger partial charge on any atom is 0.330 e. The van der Waals surface area contributed by atoms with Gasteiger partial charge in [0.15, 0.2) is 0 Å². The zero-order chi connectivity index (χ0) is 24.9. The van der Waals surface area contributed by atoms with Gasteiger partial charge in [-0.05, 0) is 116 Å². The van der Waals surface area contributed by atoms with Crippen molar-refractivity contribution in [1.29, 1.82) is 0 Å². The van der Waals surface area contributed by atoms with Crippen molar-refractivity contribution in [3.8, 4) is 0 Å². The van der Waals surface area contributed by atoms with Gasteiger partial charge in [-0.15, -0.1) is 6.58 Å². The third kappa shape index (κ3) is 3.53. The highest BCUT2D eigenvalue weighted by molar-refractivity contribution is 5.85. The average molecular weight is 471 g/mol. The number of ether oxygens (including phenoxy) is 1. The molecule has 0 aromatic heterocycles. The number of fused-ring (bicyclic) bond motifs is 2. The Morgan fingerprint density at radius 2 is 1.88 bits per heavy atom. The van der Waals surface area contributed by atoms with Crippen LogP contribution in [0.4, 0.5) is 0 Å². The lowest BCUT2D eigenvalue weighted by molar-refractivity contribution is -0.142. The number of methoxy groups -OCH3 is 1. The highest BCUT2D eigenvalue weighted by atomic mass is 16.5. The predicted octanol–water partition coefficient (Wildman–Crippen LogP) is 7.19. The smallest absolute Gasteiger partial charge is 0.330 e. The van der Waals surface area contributed by atoms with Crippen molar-refractivity contribution >= 4 is 11.9 Å². The molecule has 0 bridgehead atoms. The molecule has 4 heteroatoms. The molecule has 8 atom stereocenters. The van der Waals surface area contributed by atoms with E-state index >= 15 is 0 Å². The van der Waals surface area contributed by atoms with E-state index in [1.54, 1.807) is 6.92 Å². The second-order valence-corrected chi connectivity index (χ2v) is 12.8. The third-order valence-corrected chi connectivity index (χ3v) is 12.0. The first-order valence-corrected chi connectivity index (χ1v) is 13.6. The van der Waals surface area contributed by atoms with Crippen LogP contribution in [0.25, 0.3) is 0 Å². The number of carbonyl (C=O) groups is 2. The minimum absolute atomic E-state index is 0.0739. The Kier molecular flexibility index (Phi) is 6.62. The SMILES string of the molecule is C=C[C@@H]1CC[C@@H]2[C@]3(CC[C@]4(C)[C@@H]([C@H](C)CC/C=C(\C)C(=O)O)CC[C@@]24C)C[C@]13CCC(=O)OC. The van der Waals surface area contributed by atoms with Gasteiger partial charge in [0, 0.05) is 12.0 Å². The number of carboxylic acids is 1. The summed E-state index contributed by atoms with van der Waals surface area (Å²) < 4.78 is 5.01. The van der Waals surface area contributed by atoms with Crippen molar-refractivity contribution in [2.45, 2.75) is 98.3 Å². The first kappa shape index (κ1) is 25.5. The van der Waals surface area contributed by atoms with Crippen LogP contribution in [0.5, 0.6) is 0 Å². The molecule has 190 valence electrons. The highest BCUT2D eigenvalue weighted by Crippen LogP contribution is 2.87. The lowest BCUT2D eigenvalue weighted by Crippen LogP contribution is -2.54. The summed E-state index contributed by atoms with van der Waals surface area (Å²) in [6.07, 6.45) is 16.5. The van der Waals surface area contributed by atoms with E-state index < -0.39 is 5.97 Å². The Hall–Kier alpha value is -1.58. The Morgan fingerprint density at radius 3 is 2.53 bits per heavy atom. The summed E-state index contributed by atoms with van der Waals surface area (Å²) in [6, 6.07) is 0. The molecule has 0 saturated heterocycles. The van der Waals surface area contributed by atoms with E-state index in [-0.39, 0.29) is 11.4 Å². The Bertz CT molecular complexity index is 875. The molecule has 0 aromatic carbocycles. The van der Waals surface area contributed by atoms with Crippen LogP contribution in [0.15, 0.2) is 24.3 Å². The molecule has 4 fully saturated rings. The molecular formula is C30H46O4. The van der Waals surface area contributed by atoms with Crippen LogP contribution in [0.1, 0.15) is 98.3 Å². The third-order valence-electron chi connectivity index (χ3n) is 12.0. The molecule has 34 heavy (non-hydrogen) atoms. The van der Waals surface area contributed by atoms with Crippen LogP contribution in [-0.2, 0) is 14.3 Å². The van der Waals surface area contributed by atoms with Gasteiger partial charge < -0.3 is 9.84 Å². The average Bonchev–Trinajstić information content (AvgIpc) is 3.40. The van der Waals surface area contributed by atoms with Crippen molar-refractivity contribution in [2.24, 2.45) is 45.3 Å². The van der Waals surface area contributed by atoms with Crippen LogP contribution in [0.3, 0.4) is 0 Å². The molecule has 0 heterocycles. The standard InChI is InChI=1S/C30H46O4/c1-7-22-11-12-24-28(5)15-13-23(20(2)9-8-10-21(3)26(32)33)27(28,4)17-18-30(24)19-29(22,30)16-14-25(31)34-6/h7,10,20,22-24H,1,8-9,11-19H2,2-6H3,(H,32,33)/b21-10+/t20-,22-,23-,24+,27-,28+,29-,30+/m1/s1.